The Morgan fingerprint density at radius 1 is 1.31 bits per heavy atom. The van der Waals surface area contributed by atoms with Crippen molar-refractivity contribution in [3.63, 3.8) is 0 Å². The monoisotopic (exact) mass is 372 g/mol. The lowest BCUT2D eigenvalue weighted by Gasteiger charge is -2.19. The van der Waals surface area contributed by atoms with Crippen LogP contribution in [0.5, 0.6) is 0 Å². The number of carbonyl (C=O) groups is 1. The third kappa shape index (κ3) is 4.77. The molecule has 138 valence electrons. The molecule has 1 aliphatic rings. The number of rotatable bonds is 5. The van der Waals surface area contributed by atoms with Gasteiger partial charge < -0.3 is 9.64 Å². The van der Waals surface area contributed by atoms with Crippen molar-refractivity contribution in [2.24, 2.45) is 0 Å². The molecule has 2 aromatic rings. The summed E-state index contributed by atoms with van der Waals surface area (Å²) >= 11 is 6.12. The molecule has 1 saturated heterocycles. The Hall–Kier alpha value is -2.04. The van der Waals surface area contributed by atoms with Crippen LogP contribution in [0.15, 0.2) is 42.5 Å². The maximum absolute atomic E-state index is 12.2. The highest BCUT2D eigenvalue weighted by Gasteiger charge is 2.20. The van der Waals surface area contributed by atoms with Crippen LogP contribution in [0.2, 0.25) is 5.02 Å². The van der Waals surface area contributed by atoms with Gasteiger partial charge in [-0.1, -0.05) is 35.4 Å². The highest BCUT2D eigenvalue weighted by molar-refractivity contribution is 6.30. The molecule has 1 atom stereocenters. The van der Waals surface area contributed by atoms with Gasteiger partial charge in [0.1, 0.15) is 0 Å². The van der Waals surface area contributed by atoms with Crippen LogP contribution < -0.4 is 5.32 Å². The molecule has 0 aromatic heterocycles. The van der Waals surface area contributed by atoms with E-state index >= 15 is 0 Å². The van der Waals surface area contributed by atoms with E-state index in [1.807, 2.05) is 49.4 Å². The summed E-state index contributed by atoms with van der Waals surface area (Å²) < 4.78 is 5.40. The maximum Gasteiger partial charge on any atom is 0.411 e. The molecule has 0 spiro atoms. The minimum atomic E-state index is -0.419. The fraction of sp³-hybridized carbons (Fsp3) is 0.381. The number of anilines is 1. The van der Waals surface area contributed by atoms with Crippen LogP contribution in [0, 0.1) is 6.92 Å². The van der Waals surface area contributed by atoms with Crippen molar-refractivity contribution in [2.75, 3.05) is 25.5 Å². The summed E-state index contributed by atoms with van der Waals surface area (Å²) in [4.78, 5) is 14.6. The molecule has 4 nitrogen and oxygen atoms in total. The van der Waals surface area contributed by atoms with Crippen molar-refractivity contribution in [2.45, 2.75) is 32.2 Å². The van der Waals surface area contributed by atoms with Crippen LogP contribution >= 0.6 is 11.6 Å². The van der Waals surface area contributed by atoms with Gasteiger partial charge >= 0.3 is 6.09 Å². The Labute approximate surface area is 160 Å². The van der Waals surface area contributed by atoms with E-state index in [0.717, 1.165) is 35.3 Å². The van der Waals surface area contributed by atoms with Crippen LogP contribution in [-0.2, 0) is 4.74 Å². The molecule has 0 saturated carbocycles. The first-order chi connectivity index (χ1) is 12.5. The topological polar surface area (TPSA) is 41.6 Å². The molecule has 26 heavy (non-hydrogen) atoms. The van der Waals surface area contributed by atoms with Crippen LogP contribution in [0.3, 0.4) is 0 Å². The van der Waals surface area contributed by atoms with E-state index in [9.17, 15) is 4.79 Å². The Morgan fingerprint density at radius 2 is 2.15 bits per heavy atom. The predicted molar refractivity (Wildman–Crippen MR) is 107 cm³/mol. The lowest BCUT2D eigenvalue weighted by molar-refractivity contribution is 0.147. The zero-order valence-corrected chi connectivity index (χ0v) is 16.1. The highest BCUT2D eigenvalue weighted by Crippen LogP contribution is 2.31. The number of ether oxygens (including phenoxy) is 1. The molecule has 0 aliphatic carbocycles. The molecule has 5 heteroatoms. The second kappa shape index (κ2) is 8.56. The van der Waals surface area contributed by atoms with Crippen molar-refractivity contribution in [1.82, 2.24) is 4.90 Å². The molecule has 0 radical (unpaired) electrons. The number of halogens is 1. The van der Waals surface area contributed by atoms with E-state index in [1.165, 1.54) is 12.8 Å². The molecule has 1 unspecified atom stereocenters. The van der Waals surface area contributed by atoms with Crippen molar-refractivity contribution < 1.29 is 9.53 Å². The summed E-state index contributed by atoms with van der Waals surface area (Å²) in [5.41, 5.74) is 3.73. The first-order valence-corrected chi connectivity index (χ1v) is 9.41. The number of nitrogens with one attached hydrogen (secondary N) is 1. The van der Waals surface area contributed by atoms with Gasteiger partial charge in [-0.3, -0.25) is 5.32 Å². The van der Waals surface area contributed by atoms with Crippen LogP contribution in [0.25, 0.3) is 11.1 Å². The van der Waals surface area contributed by atoms with E-state index in [-0.39, 0.29) is 0 Å². The van der Waals surface area contributed by atoms with Gasteiger partial charge in [-0.15, -0.1) is 0 Å². The van der Waals surface area contributed by atoms with E-state index in [1.54, 1.807) is 0 Å². The minimum absolute atomic E-state index is 0.419. The van der Waals surface area contributed by atoms with Gasteiger partial charge in [-0.2, -0.15) is 0 Å². The molecule has 1 N–H and O–H groups in total. The van der Waals surface area contributed by atoms with Gasteiger partial charge in [-0.05, 0) is 69.6 Å². The molecule has 1 heterocycles. The summed E-state index contributed by atoms with van der Waals surface area (Å²) in [6.07, 6.45) is 2.86. The largest absolute Gasteiger partial charge is 0.449 e. The smallest absolute Gasteiger partial charge is 0.411 e. The molecule has 2 aromatic carbocycles. The normalized spacial score (nSPS) is 17.3. The third-order valence-electron chi connectivity index (χ3n) is 4.90. The second-order valence-corrected chi connectivity index (χ2v) is 7.32. The van der Waals surface area contributed by atoms with E-state index in [4.69, 9.17) is 16.3 Å². The van der Waals surface area contributed by atoms with Crippen molar-refractivity contribution in [1.29, 1.82) is 0 Å². The molecule has 1 aliphatic heterocycles. The number of nitrogens with zero attached hydrogens (tertiary/aromatic N) is 1. The van der Waals surface area contributed by atoms with Crippen LogP contribution in [0.1, 0.15) is 24.8 Å². The Kier molecular flexibility index (Phi) is 6.17. The summed E-state index contributed by atoms with van der Waals surface area (Å²) in [5.74, 6) is 0. The van der Waals surface area contributed by atoms with Crippen molar-refractivity contribution >= 4 is 23.4 Å². The van der Waals surface area contributed by atoms with Gasteiger partial charge in [0.25, 0.3) is 0 Å². The summed E-state index contributed by atoms with van der Waals surface area (Å²) in [5, 5.41) is 3.54. The quantitative estimate of drug-likeness (QED) is 0.769. The van der Waals surface area contributed by atoms with E-state index in [2.05, 4.69) is 17.3 Å². The Balaban J connectivity index is 1.64. The molecule has 1 fully saturated rings. The van der Waals surface area contributed by atoms with Gasteiger partial charge in [0.2, 0.25) is 0 Å². The lowest BCUT2D eigenvalue weighted by atomic mass is 10.0. The van der Waals surface area contributed by atoms with Crippen LogP contribution in [0.4, 0.5) is 10.5 Å². The molecule has 1 amide bonds. The number of likely N-dealkylation sites (tertiary alicyclic amines) is 1. The summed E-state index contributed by atoms with van der Waals surface area (Å²) in [6.45, 7) is 3.58. The highest BCUT2D eigenvalue weighted by atomic mass is 35.5. The molecular formula is C21H25ClN2O2. The number of hydrogen-bond donors (Lipinski definition) is 1. The fourth-order valence-corrected chi connectivity index (χ4v) is 3.63. The van der Waals surface area contributed by atoms with E-state index in [0.29, 0.717) is 17.7 Å². The third-order valence-corrected chi connectivity index (χ3v) is 5.14. The average molecular weight is 373 g/mol. The SMILES string of the molecule is Cc1ccc(NC(=O)OCCC2CCCN2C)c(-c2cccc(Cl)c2)c1. The van der Waals surface area contributed by atoms with Gasteiger partial charge in [0.05, 0.1) is 12.3 Å². The molecule has 0 bridgehead atoms. The summed E-state index contributed by atoms with van der Waals surface area (Å²) in [6, 6.07) is 14.0. The predicted octanol–water partition coefficient (Wildman–Crippen LogP) is 5.35. The van der Waals surface area contributed by atoms with Crippen molar-refractivity contribution in [3.8, 4) is 11.1 Å². The van der Waals surface area contributed by atoms with Crippen LogP contribution in [-0.4, -0.2) is 37.2 Å². The number of amides is 1. The fourth-order valence-electron chi connectivity index (χ4n) is 3.44. The number of aryl methyl sites for hydroxylation is 1. The van der Waals surface area contributed by atoms with E-state index < -0.39 is 6.09 Å². The zero-order valence-electron chi connectivity index (χ0n) is 15.3. The standard InChI is InChI=1S/C21H25ClN2O2/c1-15-8-9-20(19(13-15)16-5-3-6-17(22)14-16)23-21(25)26-12-10-18-7-4-11-24(18)2/h3,5-6,8-9,13-14,18H,4,7,10-12H2,1-2H3,(H,23,25). The van der Waals surface area contributed by atoms with Gasteiger partial charge in [0, 0.05) is 16.6 Å². The Bertz CT molecular complexity index is 778. The van der Waals surface area contributed by atoms with Crippen molar-refractivity contribution in [3.05, 3.63) is 53.1 Å². The maximum atomic E-state index is 12.2. The minimum Gasteiger partial charge on any atom is -0.449 e. The second-order valence-electron chi connectivity index (χ2n) is 6.89. The lowest BCUT2D eigenvalue weighted by Crippen LogP contribution is -2.27. The molecule has 3 rings (SSSR count). The number of benzene rings is 2. The van der Waals surface area contributed by atoms with Gasteiger partial charge in [-0.25, -0.2) is 4.79 Å². The number of hydrogen-bond acceptors (Lipinski definition) is 3. The van der Waals surface area contributed by atoms with Gasteiger partial charge in [0.15, 0.2) is 0 Å². The summed E-state index contributed by atoms with van der Waals surface area (Å²) in [7, 11) is 2.13. The molecular weight excluding hydrogens is 348 g/mol. The zero-order chi connectivity index (χ0) is 18.5. The Morgan fingerprint density at radius 3 is 2.88 bits per heavy atom. The average Bonchev–Trinajstić information content (AvgIpc) is 3.01. The first-order valence-electron chi connectivity index (χ1n) is 9.03. The first kappa shape index (κ1) is 18.7. The number of carbonyl (C=O) groups excluding carboxylic acids is 1.